The lowest BCUT2D eigenvalue weighted by atomic mass is 10.2. The molecule has 0 aromatic carbocycles. The summed E-state index contributed by atoms with van der Waals surface area (Å²) in [5, 5.41) is 11.7. The van der Waals surface area contributed by atoms with E-state index in [0.717, 1.165) is 0 Å². The van der Waals surface area contributed by atoms with Crippen molar-refractivity contribution in [1.82, 2.24) is 4.57 Å². The third-order valence-electron chi connectivity index (χ3n) is 1.75. The molecule has 4 nitrogen and oxygen atoms in total. The maximum atomic E-state index is 11.4. The molecule has 0 amide bonds. The number of hydrogen-bond donors (Lipinski definition) is 1. The molecule has 13 heavy (non-hydrogen) atoms. The summed E-state index contributed by atoms with van der Waals surface area (Å²) >= 11 is 0. The van der Waals surface area contributed by atoms with E-state index in [1.54, 1.807) is 19.3 Å². The molecule has 68 valence electrons. The third-order valence-corrected chi connectivity index (χ3v) is 1.75. The first-order valence-electron chi connectivity index (χ1n) is 4.04. The van der Waals surface area contributed by atoms with Crippen molar-refractivity contribution >= 4 is 5.69 Å². The Morgan fingerprint density at radius 2 is 2.38 bits per heavy atom. The van der Waals surface area contributed by atoms with Crippen LogP contribution in [0.3, 0.4) is 0 Å². The topological polar surface area (TPSA) is 57.8 Å². The minimum absolute atomic E-state index is 0.173. The lowest BCUT2D eigenvalue weighted by Crippen LogP contribution is -2.20. The van der Waals surface area contributed by atoms with Gasteiger partial charge in [-0.05, 0) is 13.0 Å². The highest BCUT2D eigenvalue weighted by atomic mass is 16.1. The van der Waals surface area contributed by atoms with Crippen LogP contribution >= 0.6 is 0 Å². The Morgan fingerprint density at radius 1 is 1.69 bits per heavy atom. The van der Waals surface area contributed by atoms with Gasteiger partial charge in [-0.1, -0.05) is 0 Å². The number of nitrogens with zero attached hydrogens (tertiary/aromatic N) is 2. The summed E-state index contributed by atoms with van der Waals surface area (Å²) in [5.41, 5.74) is 0.515. The van der Waals surface area contributed by atoms with Crippen LogP contribution in [-0.4, -0.2) is 11.1 Å². The minimum atomic E-state index is -0.263. The number of rotatable bonds is 2. The van der Waals surface area contributed by atoms with E-state index in [2.05, 4.69) is 5.32 Å². The van der Waals surface area contributed by atoms with Gasteiger partial charge in [-0.25, -0.2) is 0 Å². The second-order valence-corrected chi connectivity index (χ2v) is 2.66. The zero-order valence-electron chi connectivity index (χ0n) is 7.66. The van der Waals surface area contributed by atoms with Gasteiger partial charge in [-0.15, -0.1) is 0 Å². The summed E-state index contributed by atoms with van der Waals surface area (Å²) in [6.45, 7) is 2.61. The number of aryl methyl sites for hydroxylation is 1. The monoisotopic (exact) mass is 177 g/mol. The molecule has 0 spiro atoms. The molecule has 0 atom stereocenters. The van der Waals surface area contributed by atoms with Crippen molar-refractivity contribution in [3.63, 3.8) is 0 Å². The van der Waals surface area contributed by atoms with Gasteiger partial charge < -0.3 is 9.88 Å². The predicted octanol–water partition coefficient (Wildman–Crippen LogP) is 0.689. The van der Waals surface area contributed by atoms with Crippen molar-refractivity contribution in [3.05, 3.63) is 28.2 Å². The first kappa shape index (κ1) is 9.33. The Hall–Kier alpha value is -1.76. The van der Waals surface area contributed by atoms with E-state index in [9.17, 15) is 4.79 Å². The Balaban J connectivity index is 3.32. The van der Waals surface area contributed by atoms with Crippen molar-refractivity contribution in [1.29, 1.82) is 5.26 Å². The predicted molar refractivity (Wildman–Crippen MR) is 50.6 cm³/mol. The van der Waals surface area contributed by atoms with Gasteiger partial charge in [0.05, 0.1) is 5.69 Å². The average Bonchev–Trinajstić information content (AvgIpc) is 2.12. The molecule has 0 saturated heterocycles. The van der Waals surface area contributed by atoms with Crippen LogP contribution in [0.5, 0.6) is 0 Å². The molecule has 1 N–H and O–H groups in total. The van der Waals surface area contributed by atoms with Crippen LogP contribution in [0.2, 0.25) is 0 Å². The molecule has 0 aliphatic rings. The zero-order valence-corrected chi connectivity index (χ0v) is 7.66. The number of nitriles is 1. The molecule has 0 fully saturated rings. The molecule has 4 heteroatoms. The quantitative estimate of drug-likeness (QED) is 0.723. The van der Waals surface area contributed by atoms with Crippen molar-refractivity contribution in [2.75, 3.05) is 11.9 Å². The van der Waals surface area contributed by atoms with Gasteiger partial charge in [0.15, 0.2) is 0 Å². The van der Waals surface area contributed by atoms with Crippen LogP contribution in [0.1, 0.15) is 12.5 Å². The molecule has 1 aromatic heterocycles. The summed E-state index contributed by atoms with van der Waals surface area (Å²) in [4.78, 5) is 11.4. The number of pyridine rings is 1. The Morgan fingerprint density at radius 3 is 2.92 bits per heavy atom. The Labute approximate surface area is 76.4 Å². The fourth-order valence-corrected chi connectivity index (χ4v) is 1.07. The Bertz CT molecular complexity index is 400. The van der Waals surface area contributed by atoms with Gasteiger partial charge in [-0.2, -0.15) is 5.26 Å². The second-order valence-electron chi connectivity index (χ2n) is 2.66. The van der Waals surface area contributed by atoms with Gasteiger partial charge in [0.25, 0.3) is 5.56 Å². The highest BCUT2D eigenvalue weighted by molar-refractivity contribution is 5.55. The maximum absolute atomic E-state index is 11.4. The molecule has 0 aliphatic carbocycles. The second kappa shape index (κ2) is 3.76. The van der Waals surface area contributed by atoms with Gasteiger partial charge in [0.2, 0.25) is 0 Å². The van der Waals surface area contributed by atoms with Gasteiger partial charge in [0, 0.05) is 19.8 Å². The SMILES string of the molecule is CCNc1ccn(C)c(=O)c1C#N. The molecule has 0 saturated carbocycles. The van der Waals surface area contributed by atoms with Gasteiger partial charge >= 0.3 is 0 Å². The van der Waals surface area contributed by atoms with Crippen LogP contribution in [-0.2, 0) is 7.05 Å². The average molecular weight is 177 g/mol. The van der Waals surface area contributed by atoms with Crippen LogP contribution in [0, 0.1) is 11.3 Å². The van der Waals surface area contributed by atoms with E-state index < -0.39 is 0 Å². The molecular weight excluding hydrogens is 166 g/mol. The lowest BCUT2D eigenvalue weighted by molar-refractivity contribution is 0.855. The first-order chi connectivity index (χ1) is 6.20. The molecule has 0 radical (unpaired) electrons. The van der Waals surface area contributed by atoms with E-state index >= 15 is 0 Å². The van der Waals surface area contributed by atoms with Crippen LogP contribution in [0.25, 0.3) is 0 Å². The molecule has 1 rings (SSSR count). The van der Waals surface area contributed by atoms with Crippen molar-refractivity contribution in [2.24, 2.45) is 7.05 Å². The van der Waals surface area contributed by atoms with Gasteiger partial charge in [-0.3, -0.25) is 4.79 Å². The Kier molecular flexibility index (Phi) is 2.70. The van der Waals surface area contributed by atoms with E-state index in [4.69, 9.17) is 5.26 Å². The fraction of sp³-hybridized carbons (Fsp3) is 0.333. The van der Waals surface area contributed by atoms with Gasteiger partial charge in [0.1, 0.15) is 11.6 Å². The summed E-state index contributed by atoms with van der Waals surface area (Å²) < 4.78 is 1.39. The van der Waals surface area contributed by atoms with E-state index in [0.29, 0.717) is 12.2 Å². The number of nitrogens with one attached hydrogen (secondary N) is 1. The molecular formula is C9H11N3O. The van der Waals surface area contributed by atoms with E-state index in [1.807, 2.05) is 13.0 Å². The number of hydrogen-bond acceptors (Lipinski definition) is 3. The van der Waals surface area contributed by atoms with E-state index in [1.165, 1.54) is 4.57 Å². The summed E-state index contributed by atoms with van der Waals surface area (Å²) in [6.07, 6.45) is 1.64. The highest BCUT2D eigenvalue weighted by Gasteiger charge is 2.06. The third kappa shape index (κ3) is 1.70. The maximum Gasteiger partial charge on any atom is 0.270 e. The first-order valence-corrected chi connectivity index (χ1v) is 4.04. The highest BCUT2D eigenvalue weighted by Crippen LogP contribution is 2.08. The van der Waals surface area contributed by atoms with Crippen molar-refractivity contribution < 1.29 is 0 Å². The molecule has 1 heterocycles. The molecule has 0 unspecified atom stereocenters. The van der Waals surface area contributed by atoms with Crippen molar-refractivity contribution in [2.45, 2.75) is 6.92 Å². The van der Waals surface area contributed by atoms with Crippen LogP contribution in [0.4, 0.5) is 5.69 Å². The van der Waals surface area contributed by atoms with E-state index in [-0.39, 0.29) is 11.1 Å². The lowest BCUT2D eigenvalue weighted by Gasteiger charge is -2.05. The zero-order chi connectivity index (χ0) is 9.84. The molecule has 0 bridgehead atoms. The minimum Gasteiger partial charge on any atom is -0.384 e. The molecule has 0 aliphatic heterocycles. The van der Waals surface area contributed by atoms with Crippen LogP contribution < -0.4 is 10.9 Å². The smallest absolute Gasteiger partial charge is 0.270 e. The van der Waals surface area contributed by atoms with Crippen molar-refractivity contribution in [3.8, 4) is 6.07 Å². The number of anilines is 1. The largest absolute Gasteiger partial charge is 0.384 e. The standard InChI is InChI=1S/C9H11N3O/c1-3-11-8-4-5-12(2)9(13)7(8)6-10/h4-5,11H,3H2,1-2H3. The summed E-state index contributed by atoms with van der Waals surface area (Å²) in [6, 6.07) is 3.62. The normalized spacial score (nSPS) is 9.31. The number of aromatic nitrogens is 1. The summed E-state index contributed by atoms with van der Waals surface area (Å²) in [5.74, 6) is 0. The molecule has 1 aromatic rings. The summed E-state index contributed by atoms with van der Waals surface area (Å²) in [7, 11) is 1.62. The van der Waals surface area contributed by atoms with Crippen LogP contribution in [0.15, 0.2) is 17.1 Å². The fourth-order valence-electron chi connectivity index (χ4n) is 1.07.